The van der Waals surface area contributed by atoms with Crippen molar-refractivity contribution in [3.8, 4) is 11.9 Å². The summed E-state index contributed by atoms with van der Waals surface area (Å²) in [6.45, 7) is 5.24. The first-order valence-electron chi connectivity index (χ1n) is 6.03. The molecule has 0 aliphatic heterocycles. The van der Waals surface area contributed by atoms with Crippen LogP contribution in [-0.2, 0) is 11.3 Å². The monoisotopic (exact) mass is 250 g/mol. The summed E-state index contributed by atoms with van der Waals surface area (Å²) >= 11 is 0. The van der Waals surface area contributed by atoms with Crippen molar-refractivity contribution < 1.29 is 9.84 Å². The molecule has 0 radical (unpaired) electrons. The van der Waals surface area contributed by atoms with Gasteiger partial charge >= 0.3 is 0 Å². The fourth-order valence-electron chi connectivity index (χ4n) is 1.67. The lowest BCUT2D eigenvalue weighted by Crippen LogP contribution is -2.24. The molecular weight excluding hydrogens is 232 g/mol. The Morgan fingerprint density at radius 3 is 2.83 bits per heavy atom. The molecular formula is C13H18N2O3. The molecule has 0 atom stereocenters. The van der Waals surface area contributed by atoms with Crippen LogP contribution in [0.15, 0.2) is 10.9 Å². The zero-order valence-electron chi connectivity index (χ0n) is 10.8. The maximum absolute atomic E-state index is 11.9. The van der Waals surface area contributed by atoms with Crippen molar-refractivity contribution in [3.05, 3.63) is 27.5 Å². The van der Waals surface area contributed by atoms with E-state index < -0.39 is 5.56 Å². The van der Waals surface area contributed by atoms with Gasteiger partial charge in [0, 0.05) is 25.8 Å². The summed E-state index contributed by atoms with van der Waals surface area (Å²) in [6.07, 6.45) is 1.58. The Bertz CT molecular complexity index is 500. The lowest BCUT2D eigenvalue weighted by molar-refractivity contribution is 0.128. The molecule has 0 unspecified atom stereocenters. The Morgan fingerprint density at radius 1 is 1.50 bits per heavy atom. The van der Waals surface area contributed by atoms with Gasteiger partial charge in [0.25, 0.3) is 5.56 Å². The maximum atomic E-state index is 11.9. The highest BCUT2D eigenvalue weighted by Crippen LogP contribution is 2.12. The van der Waals surface area contributed by atoms with Crippen molar-refractivity contribution in [1.82, 2.24) is 4.57 Å². The predicted octanol–water partition coefficient (Wildman–Crippen LogP) is 1.55. The van der Waals surface area contributed by atoms with Crippen LogP contribution in [0.25, 0.3) is 0 Å². The van der Waals surface area contributed by atoms with Gasteiger partial charge in [-0.15, -0.1) is 0 Å². The van der Waals surface area contributed by atoms with E-state index in [2.05, 4.69) is 0 Å². The number of nitrogens with zero attached hydrogens (tertiary/aromatic N) is 2. The van der Waals surface area contributed by atoms with E-state index >= 15 is 0 Å². The molecule has 1 aromatic heterocycles. The second-order valence-electron chi connectivity index (χ2n) is 4.10. The molecule has 5 nitrogen and oxygen atoms in total. The van der Waals surface area contributed by atoms with Gasteiger partial charge in [0.1, 0.15) is 11.6 Å². The molecule has 0 amide bonds. The second kappa shape index (κ2) is 6.82. The number of pyridine rings is 1. The number of nitriles is 1. The molecule has 0 fully saturated rings. The zero-order chi connectivity index (χ0) is 13.5. The molecule has 0 spiro atoms. The minimum absolute atomic E-state index is 0.0854. The molecule has 5 heteroatoms. The van der Waals surface area contributed by atoms with Crippen LogP contribution in [0, 0.1) is 18.3 Å². The van der Waals surface area contributed by atoms with E-state index in [9.17, 15) is 9.90 Å². The highest BCUT2D eigenvalue weighted by Gasteiger charge is 2.11. The Kier molecular flexibility index (Phi) is 5.40. The Labute approximate surface area is 106 Å². The summed E-state index contributed by atoms with van der Waals surface area (Å²) in [4.78, 5) is 11.9. The molecule has 0 aliphatic carbocycles. The molecule has 0 aromatic carbocycles. The quantitative estimate of drug-likeness (QED) is 0.777. The average molecular weight is 250 g/mol. The van der Waals surface area contributed by atoms with Crippen LogP contribution in [0.2, 0.25) is 0 Å². The Hall–Kier alpha value is -1.80. The van der Waals surface area contributed by atoms with E-state index in [0.717, 1.165) is 6.42 Å². The van der Waals surface area contributed by atoms with Crippen LogP contribution in [0.1, 0.15) is 30.9 Å². The molecule has 0 aliphatic rings. The topological polar surface area (TPSA) is 75.2 Å². The van der Waals surface area contributed by atoms with Crippen LogP contribution in [-0.4, -0.2) is 22.9 Å². The fourth-order valence-corrected chi connectivity index (χ4v) is 1.67. The van der Waals surface area contributed by atoms with Crippen molar-refractivity contribution in [2.45, 2.75) is 33.2 Å². The zero-order valence-corrected chi connectivity index (χ0v) is 10.8. The number of aryl methyl sites for hydroxylation is 1. The number of aromatic nitrogens is 1. The highest BCUT2D eigenvalue weighted by atomic mass is 16.5. The number of rotatable bonds is 6. The van der Waals surface area contributed by atoms with Crippen molar-refractivity contribution in [2.75, 3.05) is 13.2 Å². The van der Waals surface area contributed by atoms with Crippen LogP contribution >= 0.6 is 0 Å². The molecule has 1 N–H and O–H groups in total. The van der Waals surface area contributed by atoms with E-state index in [1.165, 1.54) is 10.6 Å². The van der Waals surface area contributed by atoms with Crippen LogP contribution in [0.3, 0.4) is 0 Å². The standard InChI is InChI=1S/C13H18N2O3/c1-3-6-18-7-4-5-15-12(16)8-10(2)11(9-14)13(15)17/h8,16H,3-7H2,1-2H3. The summed E-state index contributed by atoms with van der Waals surface area (Å²) in [6, 6.07) is 3.30. The summed E-state index contributed by atoms with van der Waals surface area (Å²) in [5, 5.41) is 18.6. The number of ether oxygens (including phenoxy) is 1. The molecule has 0 saturated carbocycles. The maximum Gasteiger partial charge on any atom is 0.271 e. The number of aromatic hydroxyl groups is 1. The van der Waals surface area contributed by atoms with Crippen molar-refractivity contribution in [1.29, 1.82) is 5.26 Å². The molecule has 1 heterocycles. The smallest absolute Gasteiger partial charge is 0.271 e. The average Bonchev–Trinajstić information content (AvgIpc) is 2.32. The Balaban J connectivity index is 2.78. The summed E-state index contributed by atoms with van der Waals surface area (Å²) in [5.41, 5.74) is 0.145. The van der Waals surface area contributed by atoms with Crippen LogP contribution in [0.5, 0.6) is 5.88 Å². The predicted molar refractivity (Wildman–Crippen MR) is 67.5 cm³/mol. The second-order valence-corrected chi connectivity index (χ2v) is 4.10. The third-order valence-corrected chi connectivity index (χ3v) is 2.61. The summed E-state index contributed by atoms with van der Waals surface area (Å²) in [7, 11) is 0. The minimum atomic E-state index is -0.439. The SMILES string of the molecule is CCCOCCCn1c(O)cc(C)c(C#N)c1=O. The van der Waals surface area contributed by atoms with E-state index in [0.29, 0.717) is 31.7 Å². The number of hydrogen-bond donors (Lipinski definition) is 1. The Morgan fingerprint density at radius 2 is 2.22 bits per heavy atom. The third-order valence-electron chi connectivity index (χ3n) is 2.61. The summed E-state index contributed by atoms with van der Waals surface area (Å²) < 4.78 is 6.51. The molecule has 1 rings (SSSR count). The first kappa shape index (κ1) is 14.3. The molecule has 18 heavy (non-hydrogen) atoms. The lowest BCUT2D eigenvalue weighted by Gasteiger charge is -2.10. The van der Waals surface area contributed by atoms with E-state index in [4.69, 9.17) is 10.00 Å². The molecule has 0 bridgehead atoms. The molecule has 0 saturated heterocycles. The van der Waals surface area contributed by atoms with Gasteiger partial charge in [0.05, 0.1) is 0 Å². The van der Waals surface area contributed by atoms with Crippen molar-refractivity contribution >= 4 is 0 Å². The normalized spacial score (nSPS) is 10.3. The van der Waals surface area contributed by atoms with E-state index in [1.54, 1.807) is 6.92 Å². The third kappa shape index (κ3) is 3.34. The van der Waals surface area contributed by atoms with Gasteiger partial charge in [0.2, 0.25) is 0 Å². The van der Waals surface area contributed by atoms with Gasteiger partial charge in [0.15, 0.2) is 5.88 Å². The van der Waals surface area contributed by atoms with Gasteiger partial charge < -0.3 is 9.84 Å². The van der Waals surface area contributed by atoms with Crippen LogP contribution < -0.4 is 5.56 Å². The molecule has 98 valence electrons. The van der Waals surface area contributed by atoms with Gasteiger partial charge in [-0.25, -0.2) is 0 Å². The van der Waals surface area contributed by atoms with Gasteiger partial charge in [-0.3, -0.25) is 9.36 Å². The van der Waals surface area contributed by atoms with E-state index in [-0.39, 0.29) is 11.4 Å². The first-order chi connectivity index (χ1) is 8.61. The molecule has 1 aromatic rings. The van der Waals surface area contributed by atoms with Gasteiger partial charge in [-0.05, 0) is 25.3 Å². The summed E-state index contributed by atoms with van der Waals surface area (Å²) in [5.74, 6) is -0.105. The first-order valence-corrected chi connectivity index (χ1v) is 6.03. The lowest BCUT2D eigenvalue weighted by atomic mass is 10.1. The largest absolute Gasteiger partial charge is 0.494 e. The van der Waals surface area contributed by atoms with Crippen molar-refractivity contribution in [3.63, 3.8) is 0 Å². The fraction of sp³-hybridized carbons (Fsp3) is 0.538. The van der Waals surface area contributed by atoms with Crippen molar-refractivity contribution in [2.24, 2.45) is 0 Å². The minimum Gasteiger partial charge on any atom is -0.494 e. The van der Waals surface area contributed by atoms with E-state index in [1.807, 2.05) is 13.0 Å². The van der Waals surface area contributed by atoms with Gasteiger partial charge in [-0.2, -0.15) is 5.26 Å². The highest BCUT2D eigenvalue weighted by molar-refractivity contribution is 5.37. The van der Waals surface area contributed by atoms with Gasteiger partial charge in [-0.1, -0.05) is 6.92 Å². The van der Waals surface area contributed by atoms with Crippen LogP contribution in [0.4, 0.5) is 0 Å². The number of hydrogen-bond acceptors (Lipinski definition) is 4.